The molecule has 0 amide bonds. The minimum absolute atomic E-state index is 0.142. The van der Waals surface area contributed by atoms with Gasteiger partial charge in [-0.05, 0) is 54.4 Å². The van der Waals surface area contributed by atoms with Crippen LogP contribution < -0.4 is 0 Å². The van der Waals surface area contributed by atoms with Crippen molar-refractivity contribution in [1.29, 1.82) is 0 Å². The van der Waals surface area contributed by atoms with Crippen LogP contribution in [0.5, 0.6) is 0 Å². The van der Waals surface area contributed by atoms with Gasteiger partial charge in [0.15, 0.2) is 5.78 Å². The molecule has 0 saturated heterocycles. The molecular weight excluding hydrogens is 366 g/mol. The number of rotatable bonds is 6. The number of carbonyl (C=O) groups is 1. The number of hydrogen-bond acceptors (Lipinski definition) is 4. The van der Waals surface area contributed by atoms with Crippen molar-refractivity contribution < 1.29 is 18.4 Å². The minimum atomic E-state index is -3.09. The molecule has 1 aliphatic rings. The first-order valence-corrected chi connectivity index (χ1v) is 9.01. The van der Waals surface area contributed by atoms with Crippen molar-refractivity contribution >= 4 is 36.0 Å². The fourth-order valence-electron chi connectivity index (χ4n) is 2.08. The van der Waals surface area contributed by atoms with Gasteiger partial charge < -0.3 is 9.05 Å². The van der Waals surface area contributed by atoms with Gasteiger partial charge in [-0.3, -0.25) is 9.36 Å². The maximum atomic E-state index is 12.4. The average Bonchev–Trinajstić information content (AvgIpc) is 2.25. The number of allylic oxidation sites excluding steroid dienone is 2. The smallest absolute Gasteiger partial charge is 0.309 e. The van der Waals surface area contributed by atoms with Crippen molar-refractivity contribution in [3.63, 3.8) is 0 Å². The second-order valence-electron chi connectivity index (χ2n) is 4.46. The Hall–Kier alpha value is 0.290. The maximum absolute atomic E-state index is 12.4. The van der Waals surface area contributed by atoms with Crippen LogP contribution in [0.25, 0.3) is 0 Å². The number of Topliss-reactive ketones (excluding diaryl/α,β-unsaturated/α-hetero) is 1. The second-order valence-corrected chi connectivity index (χ2v) is 7.59. The summed E-state index contributed by atoms with van der Waals surface area (Å²) in [4.78, 5) is 11.8. The molecule has 0 saturated carbocycles. The highest BCUT2D eigenvalue weighted by atomic mass is 127. The summed E-state index contributed by atoms with van der Waals surface area (Å²) >= 11 is 2.05. The molecule has 0 aromatic rings. The molecule has 0 fully saturated rings. The Morgan fingerprint density at radius 2 is 1.83 bits per heavy atom. The zero-order valence-corrected chi connectivity index (χ0v) is 14.1. The number of carbonyl (C=O) groups excluding carboxylic acids is 1. The van der Waals surface area contributed by atoms with Gasteiger partial charge >= 0.3 is 7.60 Å². The summed E-state index contributed by atoms with van der Waals surface area (Å²) in [7, 11) is -3.09. The van der Waals surface area contributed by atoms with E-state index < -0.39 is 7.60 Å². The molecule has 1 aliphatic carbocycles. The molecule has 6 heteroatoms. The molecule has 4 nitrogen and oxygen atoms in total. The quantitative estimate of drug-likeness (QED) is 0.513. The van der Waals surface area contributed by atoms with Crippen LogP contribution in [0.15, 0.2) is 9.15 Å². The van der Waals surface area contributed by atoms with Crippen LogP contribution in [0.1, 0.15) is 33.6 Å². The Balaban J connectivity index is 2.89. The van der Waals surface area contributed by atoms with Gasteiger partial charge in [-0.2, -0.15) is 0 Å². The van der Waals surface area contributed by atoms with Crippen molar-refractivity contribution in [2.24, 2.45) is 5.92 Å². The molecule has 1 unspecified atom stereocenters. The molecule has 1 rings (SSSR count). The fourth-order valence-corrected chi connectivity index (χ4v) is 4.81. The third kappa shape index (κ3) is 4.44. The summed E-state index contributed by atoms with van der Waals surface area (Å²) in [5, 5.41) is 0. The lowest BCUT2D eigenvalue weighted by molar-refractivity contribution is -0.115. The maximum Gasteiger partial charge on any atom is 0.334 e. The van der Waals surface area contributed by atoms with E-state index >= 15 is 0 Å². The van der Waals surface area contributed by atoms with Crippen molar-refractivity contribution in [3.8, 4) is 0 Å². The van der Waals surface area contributed by atoms with Crippen molar-refractivity contribution in [2.75, 3.05) is 19.4 Å². The molecule has 0 radical (unpaired) electrons. The molecular formula is C12H20IO4P. The Kier molecular flexibility index (Phi) is 6.51. The van der Waals surface area contributed by atoms with Gasteiger partial charge in [-0.25, -0.2) is 0 Å². The highest BCUT2D eigenvalue weighted by molar-refractivity contribution is 14.1. The fraction of sp³-hybridized carbons (Fsp3) is 0.750. The third-order valence-electron chi connectivity index (χ3n) is 2.72. The van der Waals surface area contributed by atoms with E-state index in [2.05, 4.69) is 0 Å². The first-order chi connectivity index (χ1) is 8.41. The first-order valence-electron chi connectivity index (χ1n) is 6.20. The molecule has 0 aromatic carbocycles. The number of ketones is 1. The van der Waals surface area contributed by atoms with Gasteiger partial charge in [0.1, 0.15) is 0 Å². The van der Waals surface area contributed by atoms with Gasteiger partial charge in [-0.1, -0.05) is 6.92 Å². The van der Waals surface area contributed by atoms with Crippen molar-refractivity contribution in [3.05, 3.63) is 9.15 Å². The molecule has 0 heterocycles. The molecule has 1 atom stereocenters. The monoisotopic (exact) mass is 386 g/mol. The largest absolute Gasteiger partial charge is 0.334 e. The van der Waals surface area contributed by atoms with Crippen LogP contribution in [0, 0.1) is 5.92 Å². The van der Waals surface area contributed by atoms with Crippen LogP contribution >= 0.6 is 30.2 Å². The summed E-state index contributed by atoms with van der Waals surface area (Å²) in [6, 6.07) is 0. The van der Waals surface area contributed by atoms with E-state index in [-0.39, 0.29) is 11.9 Å². The lowest BCUT2D eigenvalue weighted by Crippen LogP contribution is -2.17. The molecule has 0 aromatic heterocycles. The summed E-state index contributed by atoms with van der Waals surface area (Å²) in [6.45, 7) is 6.32. The van der Waals surface area contributed by atoms with Crippen molar-refractivity contribution in [2.45, 2.75) is 33.6 Å². The summed E-state index contributed by atoms with van der Waals surface area (Å²) in [5.41, 5.74) is 0.921. The summed E-state index contributed by atoms with van der Waals surface area (Å²) in [5.74, 6) is 0.451. The van der Waals surface area contributed by atoms with E-state index in [1.54, 1.807) is 13.8 Å². The Morgan fingerprint density at radius 1 is 1.28 bits per heavy atom. The molecule has 0 N–H and O–H groups in total. The minimum Gasteiger partial charge on any atom is -0.309 e. The average molecular weight is 386 g/mol. The standard InChI is InChI=1S/C12H20IO4P/c1-4-16-18(15,17-5-2)8-10-6-9(3)7-11(14)12(10)13/h9H,4-8H2,1-3H3. The molecule has 18 heavy (non-hydrogen) atoms. The lowest BCUT2D eigenvalue weighted by Gasteiger charge is -2.24. The van der Waals surface area contributed by atoms with E-state index in [1.165, 1.54) is 0 Å². The van der Waals surface area contributed by atoms with Gasteiger partial charge in [-0.15, -0.1) is 0 Å². The summed E-state index contributed by atoms with van der Waals surface area (Å²) < 4.78 is 23.7. The number of halogens is 1. The van der Waals surface area contributed by atoms with E-state index in [9.17, 15) is 9.36 Å². The van der Waals surface area contributed by atoms with Gasteiger partial charge in [0.2, 0.25) is 0 Å². The zero-order valence-electron chi connectivity index (χ0n) is 11.1. The molecule has 0 spiro atoms. The topological polar surface area (TPSA) is 52.6 Å². The molecule has 104 valence electrons. The Labute approximate surface area is 122 Å². The van der Waals surface area contributed by atoms with Gasteiger partial charge in [0.05, 0.1) is 23.0 Å². The first kappa shape index (κ1) is 16.3. The van der Waals surface area contributed by atoms with Crippen molar-refractivity contribution in [1.82, 2.24) is 0 Å². The zero-order chi connectivity index (χ0) is 13.8. The van der Waals surface area contributed by atoms with Crippen LogP contribution in [-0.2, 0) is 18.4 Å². The third-order valence-corrected chi connectivity index (χ3v) is 6.16. The Morgan fingerprint density at radius 3 is 2.33 bits per heavy atom. The van der Waals surface area contributed by atoms with E-state index in [0.717, 1.165) is 12.0 Å². The summed E-state index contributed by atoms with van der Waals surface area (Å²) in [6.07, 6.45) is 1.62. The van der Waals surface area contributed by atoms with Crippen LogP contribution in [0.2, 0.25) is 0 Å². The predicted molar refractivity (Wildman–Crippen MR) is 80.2 cm³/mol. The van der Waals surface area contributed by atoms with E-state index in [4.69, 9.17) is 9.05 Å². The molecule has 0 bridgehead atoms. The van der Waals surface area contributed by atoms with Crippen LogP contribution in [-0.4, -0.2) is 25.2 Å². The van der Waals surface area contributed by atoms with Crippen LogP contribution in [0.3, 0.4) is 0 Å². The van der Waals surface area contributed by atoms with E-state index in [1.807, 2.05) is 29.5 Å². The normalized spacial score (nSPS) is 21.6. The second kappa shape index (κ2) is 7.17. The van der Waals surface area contributed by atoms with Gasteiger partial charge in [0.25, 0.3) is 0 Å². The SMILES string of the molecule is CCOP(=O)(CC1=C(I)C(=O)CC(C)C1)OCC. The van der Waals surface area contributed by atoms with E-state index in [0.29, 0.717) is 29.1 Å². The van der Waals surface area contributed by atoms with Gasteiger partial charge in [0, 0.05) is 6.42 Å². The Bertz CT molecular complexity index is 382. The molecule has 0 aliphatic heterocycles. The number of hydrogen-bond donors (Lipinski definition) is 0. The lowest BCUT2D eigenvalue weighted by atomic mass is 9.90. The highest BCUT2D eigenvalue weighted by Gasteiger charge is 2.31. The predicted octanol–water partition coefficient (Wildman–Crippen LogP) is 3.94. The van der Waals surface area contributed by atoms with Crippen LogP contribution in [0.4, 0.5) is 0 Å². The highest BCUT2D eigenvalue weighted by Crippen LogP contribution is 2.51.